The third-order valence-electron chi connectivity index (χ3n) is 4.55. The van der Waals surface area contributed by atoms with Crippen LogP contribution < -0.4 is 11.1 Å². The highest BCUT2D eigenvalue weighted by Crippen LogP contribution is 2.24. The fraction of sp³-hybridized carbons (Fsp3) is 1.00. The van der Waals surface area contributed by atoms with Gasteiger partial charge in [-0.15, -0.1) is 0 Å². The van der Waals surface area contributed by atoms with E-state index in [2.05, 4.69) is 19.2 Å². The van der Waals surface area contributed by atoms with E-state index < -0.39 is 0 Å². The van der Waals surface area contributed by atoms with Crippen molar-refractivity contribution in [1.82, 2.24) is 5.32 Å². The van der Waals surface area contributed by atoms with Gasteiger partial charge in [-0.2, -0.15) is 0 Å². The number of rotatable bonds is 5. The van der Waals surface area contributed by atoms with Gasteiger partial charge in [-0.05, 0) is 44.7 Å². The zero-order chi connectivity index (χ0) is 13.2. The molecule has 18 heavy (non-hydrogen) atoms. The highest BCUT2D eigenvalue weighted by Gasteiger charge is 2.17. The lowest BCUT2D eigenvalue weighted by Gasteiger charge is -2.27. The summed E-state index contributed by atoms with van der Waals surface area (Å²) in [6, 6.07) is 0.665. The first-order chi connectivity index (χ1) is 8.74. The van der Waals surface area contributed by atoms with Crippen LogP contribution in [-0.4, -0.2) is 19.1 Å². The van der Waals surface area contributed by atoms with Gasteiger partial charge < -0.3 is 11.1 Å². The second-order valence-electron chi connectivity index (χ2n) is 6.35. The molecule has 1 saturated carbocycles. The van der Waals surface area contributed by atoms with Gasteiger partial charge in [0, 0.05) is 6.04 Å². The molecule has 2 unspecified atom stereocenters. The zero-order valence-corrected chi connectivity index (χ0v) is 12.6. The van der Waals surface area contributed by atoms with E-state index in [-0.39, 0.29) is 0 Å². The molecule has 0 amide bonds. The fourth-order valence-electron chi connectivity index (χ4n) is 2.98. The Bertz CT molecular complexity index is 184. The number of nitrogens with two attached hydrogens (primary N) is 1. The Balaban J connectivity index is 2.29. The van der Waals surface area contributed by atoms with E-state index in [0.717, 1.165) is 19.0 Å². The van der Waals surface area contributed by atoms with Gasteiger partial charge in [0.1, 0.15) is 0 Å². The first-order valence-corrected chi connectivity index (χ1v) is 8.17. The van der Waals surface area contributed by atoms with Crippen molar-refractivity contribution in [2.45, 2.75) is 77.7 Å². The minimum Gasteiger partial charge on any atom is -0.330 e. The molecule has 0 aromatic rings. The zero-order valence-electron chi connectivity index (χ0n) is 12.6. The molecular formula is C16H34N2. The molecule has 1 aliphatic carbocycles. The summed E-state index contributed by atoms with van der Waals surface area (Å²) in [6.45, 7) is 6.48. The largest absolute Gasteiger partial charge is 0.330 e. The van der Waals surface area contributed by atoms with Crippen LogP contribution in [-0.2, 0) is 0 Å². The summed E-state index contributed by atoms with van der Waals surface area (Å²) in [6.07, 6.45) is 13.0. The van der Waals surface area contributed by atoms with E-state index >= 15 is 0 Å². The van der Waals surface area contributed by atoms with E-state index in [4.69, 9.17) is 5.73 Å². The molecule has 0 aromatic heterocycles. The van der Waals surface area contributed by atoms with Crippen LogP contribution in [0.15, 0.2) is 0 Å². The molecule has 0 aliphatic heterocycles. The molecular weight excluding hydrogens is 220 g/mol. The first kappa shape index (κ1) is 16.0. The second kappa shape index (κ2) is 9.80. The smallest absolute Gasteiger partial charge is 0.00671 e. The topological polar surface area (TPSA) is 38.0 Å². The van der Waals surface area contributed by atoms with Crippen LogP contribution in [0.5, 0.6) is 0 Å². The highest BCUT2D eigenvalue weighted by molar-refractivity contribution is 4.74. The molecule has 2 heteroatoms. The highest BCUT2D eigenvalue weighted by atomic mass is 14.9. The molecule has 108 valence electrons. The number of hydrogen-bond donors (Lipinski definition) is 2. The van der Waals surface area contributed by atoms with E-state index in [0.29, 0.717) is 12.0 Å². The Morgan fingerprint density at radius 2 is 1.44 bits per heavy atom. The van der Waals surface area contributed by atoms with Crippen molar-refractivity contribution >= 4 is 0 Å². The summed E-state index contributed by atoms with van der Waals surface area (Å²) < 4.78 is 0. The molecule has 2 atom stereocenters. The summed E-state index contributed by atoms with van der Waals surface area (Å²) in [5.74, 6) is 1.49. The van der Waals surface area contributed by atoms with Crippen molar-refractivity contribution in [3.63, 3.8) is 0 Å². The molecule has 0 spiro atoms. The quantitative estimate of drug-likeness (QED) is 0.785. The van der Waals surface area contributed by atoms with Gasteiger partial charge in [0.25, 0.3) is 0 Å². The van der Waals surface area contributed by atoms with Gasteiger partial charge in [0.15, 0.2) is 0 Å². The van der Waals surface area contributed by atoms with Gasteiger partial charge in [0.2, 0.25) is 0 Å². The van der Waals surface area contributed by atoms with Crippen LogP contribution in [0.25, 0.3) is 0 Å². The van der Waals surface area contributed by atoms with Crippen LogP contribution in [0, 0.1) is 11.8 Å². The standard InChI is InChI=1S/C16H34N2/c1-14(12-17)13-18-15(2)16-10-8-6-4-3-5-7-9-11-16/h14-16,18H,3-13,17H2,1-2H3. The van der Waals surface area contributed by atoms with E-state index in [1.54, 1.807) is 0 Å². The Kier molecular flexibility index (Phi) is 8.70. The second-order valence-corrected chi connectivity index (χ2v) is 6.35. The molecule has 1 aliphatic rings. The van der Waals surface area contributed by atoms with Crippen LogP contribution in [0.3, 0.4) is 0 Å². The maximum Gasteiger partial charge on any atom is 0.00671 e. The molecule has 0 bridgehead atoms. The minimum absolute atomic E-state index is 0.604. The molecule has 0 aromatic carbocycles. The van der Waals surface area contributed by atoms with Crippen LogP contribution in [0.1, 0.15) is 71.6 Å². The Labute approximate surface area is 114 Å². The molecule has 0 radical (unpaired) electrons. The minimum atomic E-state index is 0.604. The number of hydrogen-bond acceptors (Lipinski definition) is 2. The molecule has 1 rings (SSSR count). The average molecular weight is 254 g/mol. The van der Waals surface area contributed by atoms with E-state index in [9.17, 15) is 0 Å². The van der Waals surface area contributed by atoms with Crippen molar-refractivity contribution < 1.29 is 0 Å². The lowest BCUT2D eigenvalue weighted by molar-refractivity contribution is 0.297. The summed E-state index contributed by atoms with van der Waals surface area (Å²) >= 11 is 0. The van der Waals surface area contributed by atoms with E-state index in [1.807, 2.05) is 0 Å². The van der Waals surface area contributed by atoms with Crippen molar-refractivity contribution in [2.75, 3.05) is 13.1 Å². The summed E-state index contributed by atoms with van der Waals surface area (Å²) in [7, 11) is 0. The van der Waals surface area contributed by atoms with Crippen molar-refractivity contribution in [1.29, 1.82) is 0 Å². The third-order valence-corrected chi connectivity index (χ3v) is 4.55. The fourth-order valence-corrected chi connectivity index (χ4v) is 2.98. The Morgan fingerprint density at radius 3 is 1.94 bits per heavy atom. The number of nitrogens with one attached hydrogen (secondary N) is 1. The Morgan fingerprint density at radius 1 is 0.944 bits per heavy atom. The lowest BCUT2D eigenvalue weighted by atomic mass is 9.87. The average Bonchev–Trinajstić information content (AvgIpc) is 2.41. The molecule has 0 heterocycles. The Hall–Kier alpha value is -0.0800. The first-order valence-electron chi connectivity index (χ1n) is 8.17. The maximum absolute atomic E-state index is 5.68. The predicted molar refractivity (Wildman–Crippen MR) is 80.7 cm³/mol. The third kappa shape index (κ3) is 6.75. The summed E-state index contributed by atoms with van der Waals surface area (Å²) in [4.78, 5) is 0. The molecule has 2 nitrogen and oxygen atoms in total. The van der Waals surface area contributed by atoms with Crippen LogP contribution in [0.2, 0.25) is 0 Å². The van der Waals surface area contributed by atoms with Crippen LogP contribution in [0.4, 0.5) is 0 Å². The monoisotopic (exact) mass is 254 g/mol. The van der Waals surface area contributed by atoms with Gasteiger partial charge >= 0.3 is 0 Å². The van der Waals surface area contributed by atoms with E-state index in [1.165, 1.54) is 57.8 Å². The summed E-state index contributed by atoms with van der Waals surface area (Å²) in [5, 5.41) is 3.71. The van der Waals surface area contributed by atoms with Crippen molar-refractivity contribution in [3.8, 4) is 0 Å². The predicted octanol–water partition coefficient (Wildman–Crippen LogP) is 3.70. The SMILES string of the molecule is CC(CN)CNC(C)C1CCCCCCCCC1. The van der Waals surface area contributed by atoms with Crippen molar-refractivity contribution in [2.24, 2.45) is 17.6 Å². The normalized spacial score (nSPS) is 23.5. The molecule has 0 saturated heterocycles. The maximum atomic E-state index is 5.68. The van der Waals surface area contributed by atoms with Gasteiger partial charge in [-0.25, -0.2) is 0 Å². The molecule has 1 fully saturated rings. The lowest BCUT2D eigenvalue weighted by Crippen LogP contribution is -2.38. The summed E-state index contributed by atoms with van der Waals surface area (Å²) in [5.41, 5.74) is 5.68. The van der Waals surface area contributed by atoms with Crippen molar-refractivity contribution in [3.05, 3.63) is 0 Å². The van der Waals surface area contributed by atoms with Gasteiger partial charge in [-0.1, -0.05) is 51.9 Å². The molecule has 3 N–H and O–H groups in total. The van der Waals surface area contributed by atoms with Crippen LogP contribution >= 0.6 is 0 Å². The van der Waals surface area contributed by atoms with Gasteiger partial charge in [0.05, 0.1) is 0 Å². The van der Waals surface area contributed by atoms with Gasteiger partial charge in [-0.3, -0.25) is 0 Å².